The molecule has 0 aliphatic heterocycles. The van der Waals surface area contributed by atoms with Crippen LogP contribution in [0.15, 0.2) is 18.2 Å². The van der Waals surface area contributed by atoms with E-state index in [9.17, 15) is 9.18 Å². The van der Waals surface area contributed by atoms with Gasteiger partial charge in [-0.1, -0.05) is 34.5 Å². The summed E-state index contributed by atoms with van der Waals surface area (Å²) in [6, 6.07) is 3.91. The van der Waals surface area contributed by atoms with Crippen LogP contribution in [0.3, 0.4) is 0 Å². The van der Waals surface area contributed by atoms with Gasteiger partial charge in [0.05, 0.1) is 5.56 Å². The van der Waals surface area contributed by atoms with Gasteiger partial charge in [-0.25, -0.2) is 4.39 Å². The van der Waals surface area contributed by atoms with Crippen molar-refractivity contribution in [2.45, 2.75) is 18.2 Å². The molecule has 1 aromatic rings. The molecular formula is C11H12BrClFNO. The molecule has 16 heavy (non-hydrogen) atoms. The van der Waals surface area contributed by atoms with E-state index in [-0.39, 0.29) is 10.4 Å². The average Bonchev–Trinajstić information content (AvgIpc) is 2.28. The largest absolute Gasteiger partial charge is 0.351 e. The fourth-order valence-electron chi connectivity index (χ4n) is 1.11. The van der Waals surface area contributed by atoms with E-state index in [1.807, 2.05) is 6.92 Å². The third kappa shape index (κ3) is 3.76. The summed E-state index contributed by atoms with van der Waals surface area (Å²) in [5.41, 5.74) is -0.0247. The van der Waals surface area contributed by atoms with Crippen molar-refractivity contribution in [3.05, 3.63) is 34.6 Å². The minimum Gasteiger partial charge on any atom is -0.351 e. The van der Waals surface area contributed by atoms with Gasteiger partial charge < -0.3 is 5.32 Å². The molecular weight excluding hydrogens is 296 g/mol. The van der Waals surface area contributed by atoms with Crippen molar-refractivity contribution in [3.8, 4) is 0 Å². The first kappa shape index (κ1) is 13.5. The number of halogens is 3. The van der Waals surface area contributed by atoms with Crippen LogP contribution in [0.4, 0.5) is 4.39 Å². The summed E-state index contributed by atoms with van der Waals surface area (Å²) in [6.45, 7) is 2.45. The molecule has 88 valence electrons. The molecule has 2 nitrogen and oxygen atoms in total. The fourth-order valence-corrected chi connectivity index (χ4v) is 1.45. The van der Waals surface area contributed by atoms with Gasteiger partial charge in [0.25, 0.3) is 5.91 Å². The number of nitrogens with one attached hydrogen (secondary N) is 1. The number of hydrogen-bond acceptors (Lipinski definition) is 1. The maximum absolute atomic E-state index is 13.3. The van der Waals surface area contributed by atoms with Gasteiger partial charge in [-0.05, 0) is 24.6 Å². The summed E-state index contributed by atoms with van der Waals surface area (Å²) in [4.78, 5) is 11.8. The minimum atomic E-state index is -0.565. The van der Waals surface area contributed by atoms with Gasteiger partial charge in [0.15, 0.2) is 0 Å². The van der Waals surface area contributed by atoms with E-state index in [0.29, 0.717) is 11.6 Å². The van der Waals surface area contributed by atoms with Crippen LogP contribution in [0.1, 0.15) is 23.7 Å². The Kier molecular flexibility index (Phi) is 5.22. The Morgan fingerprint density at radius 3 is 2.94 bits per heavy atom. The van der Waals surface area contributed by atoms with Gasteiger partial charge in [0, 0.05) is 16.4 Å². The molecule has 0 spiro atoms. The van der Waals surface area contributed by atoms with E-state index in [1.54, 1.807) is 0 Å². The summed E-state index contributed by atoms with van der Waals surface area (Å²) in [6.07, 6.45) is 0.887. The fraction of sp³-hybridized carbons (Fsp3) is 0.364. The topological polar surface area (TPSA) is 29.1 Å². The molecule has 0 fully saturated rings. The molecule has 1 aromatic carbocycles. The van der Waals surface area contributed by atoms with E-state index in [1.165, 1.54) is 18.2 Å². The van der Waals surface area contributed by atoms with Crippen LogP contribution in [0.25, 0.3) is 0 Å². The zero-order chi connectivity index (χ0) is 12.1. The molecule has 0 saturated heterocycles. The summed E-state index contributed by atoms with van der Waals surface area (Å²) < 4.78 is 13.3. The molecule has 0 radical (unpaired) electrons. The minimum absolute atomic E-state index is 0.0247. The normalized spacial score (nSPS) is 12.2. The second-order valence-electron chi connectivity index (χ2n) is 3.34. The second kappa shape index (κ2) is 6.21. The van der Waals surface area contributed by atoms with Crippen LogP contribution in [0.5, 0.6) is 0 Å². The SMILES string of the molecule is CCC(Br)CNC(=O)c1cc(Cl)ccc1F. The maximum Gasteiger partial charge on any atom is 0.254 e. The monoisotopic (exact) mass is 307 g/mol. The average molecular weight is 309 g/mol. The zero-order valence-electron chi connectivity index (χ0n) is 8.77. The van der Waals surface area contributed by atoms with Gasteiger partial charge >= 0.3 is 0 Å². The number of hydrogen-bond donors (Lipinski definition) is 1. The standard InChI is InChI=1S/C11H12BrClFNO/c1-2-7(12)6-15-11(16)9-5-8(13)3-4-10(9)14/h3-5,7H,2,6H2,1H3,(H,15,16). The Morgan fingerprint density at radius 2 is 2.31 bits per heavy atom. The van der Waals surface area contributed by atoms with Crippen molar-refractivity contribution in [2.24, 2.45) is 0 Å². The highest BCUT2D eigenvalue weighted by atomic mass is 79.9. The highest BCUT2D eigenvalue weighted by molar-refractivity contribution is 9.09. The van der Waals surface area contributed by atoms with Crippen LogP contribution in [0.2, 0.25) is 5.02 Å². The number of amides is 1. The van der Waals surface area contributed by atoms with Crippen LogP contribution in [-0.2, 0) is 0 Å². The summed E-state index contributed by atoms with van der Waals surface area (Å²) in [7, 11) is 0. The third-order valence-electron chi connectivity index (χ3n) is 2.10. The molecule has 1 amide bonds. The Bertz CT molecular complexity index is 386. The van der Waals surface area contributed by atoms with Crippen LogP contribution >= 0.6 is 27.5 Å². The highest BCUT2D eigenvalue weighted by Crippen LogP contribution is 2.14. The Hall–Kier alpha value is -0.610. The molecule has 1 unspecified atom stereocenters. The lowest BCUT2D eigenvalue weighted by Crippen LogP contribution is -2.29. The number of carbonyl (C=O) groups is 1. The second-order valence-corrected chi connectivity index (χ2v) is 5.07. The lowest BCUT2D eigenvalue weighted by Gasteiger charge is -2.09. The van der Waals surface area contributed by atoms with E-state index in [2.05, 4.69) is 21.2 Å². The third-order valence-corrected chi connectivity index (χ3v) is 3.31. The quantitative estimate of drug-likeness (QED) is 0.849. The van der Waals surface area contributed by atoms with Crippen LogP contribution in [-0.4, -0.2) is 17.3 Å². The summed E-state index contributed by atoms with van der Waals surface area (Å²) in [5, 5.41) is 2.98. The van der Waals surface area contributed by atoms with Gasteiger partial charge in [0.1, 0.15) is 5.82 Å². The lowest BCUT2D eigenvalue weighted by molar-refractivity contribution is 0.0950. The van der Waals surface area contributed by atoms with Gasteiger partial charge in [-0.15, -0.1) is 0 Å². The lowest BCUT2D eigenvalue weighted by atomic mass is 10.2. The van der Waals surface area contributed by atoms with E-state index in [0.717, 1.165) is 6.42 Å². The molecule has 1 rings (SSSR count). The molecule has 0 bridgehead atoms. The number of benzene rings is 1. The van der Waals surface area contributed by atoms with E-state index in [4.69, 9.17) is 11.6 Å². The molecule has 0 heterocycles. The van der Waals surface area contributed by atoms with Crippen LogP contribution in [0, 0.1) is 5.82 Å². The first-order valence-corrected chi connectivity index (χ1v) is 6.21. The molecule has 0 aromatic heterocycles. The predicted molar refractivity (Wildman–Crippen MR) is 66.7 cm³/mol. The van der Waals surface area contributed by atoms with Crippen molar-refractivity contribution in [3.63, 3.8) is 0 Å². The van der Waals surface area contributed by atoms with E-state index < -0.39 is 11.7 Å². The first-order valence-electron chi connectivity index (χ1n) is 4.92. The Balaban J connectivity index is 2.69. The summed E-state index contributed by atoms with van der Waals surface area (Å²) in [5.74, 6) is -1.01. The van der Waals surface area contributed by atoms with Crippen molar-refractivity contribution in [2.75, 3.05) is 6.54 Å². The predicted octanol–water partition coefficient (Wildman–Crippen LogP) is 3.38. The van der Waals surface area contributed by atoms with Crippen molar-refractivity contribution < 1.29 is 9.18 Å². The first-order chi connectivity index (χ1) is 7.54. The van der Waals surface area contributed by atoms with E-state index >= 15 is 0 Å². The van der Waals surface area contributed by atoms with Crippen molar-refractivity contribution in [1.82, 2.24) is 5.32 Å². The van der Waals surface area contributed by atoms with Gasteiger partial charge in [-0.3, -0.25) is 4.79 Å². The molecule has 0 aliphatic carbocycles. The van der Waals surface area contributed by atoms with Crippen molar-refractivity contribution in [1.29, 1.82) is 0 Å². The smallest absolute Gasteiger partial charge is 0.254 e. The highest BCUT2D eigenvalue weighted by Gasteiger charge is 2.12. The summed E-state index contributed by atoms with van der Waals surface area (Å²) >= 11 is 9.07. The van der Waals surface area contributed by atoms with Gasteiger partial charge in [-0.2, -0.15) is 0 Å². The zero-order valence-corrected chi connectivity index (χ0v) is 11.1. The molecule has 1 N–H and O–H groups in total. The molecule has 1 atom stereocenters. The number of carbonyl (C=O) groups excluding carboxylic acids is 1. The van der Waals surface area contributed by atoms with Gasteiger partial charge in [0.2, 0.25) is 0 Å². The van der Waals surface area contributed by atoms with Crippen LogP contribution < -0.4 is 5.32 Å². The molecule has 0 saturated carbocycles. The number of rotatable bonds is 4. The Morgan fingerprint density at radius 1 is 1.62 bits per heavy atom. The van der Waals surface area contributed by atoms with Crippen molar-refractivity contribution >= 4 is 33.4 Å². The number of alkyl halides is 1. The maximum atomic E-state index is 13.3. The Labute approximate surface area is 107 Å². The molecule has 0 aliphatic rings. The molecule has 5 heteroatoms.